The van der Waals surface area contributed by atoms with E-state index in [-0.39, 0.29) is 17.7 Å². The van der Waals surface area contributed by atoms with Gasteiger partial charge >= 0.3 is 0 Å². The summed E-state index contributed by atoms with van der Waals surface area (Å²) in [6.07, 6.45) is 13.5. The number of carbonyl (C=O) groups excluding carboxylic acids is 1. The van der Waals surface area contributed by atoms with E-state index in [9.17, 15) is 20.1 Å². The van der Waals surface area contributed by atoms with Gasteiger partial charge in [-0.2, -0.15) is 0 Å². The van der Waals surface area contributed by atoms with Crippen molar-refractivity contribution in [2.45, 2.75) is 83.0 Å². The molecule has 3 N–H and O–H groups in total. The molecule has 1 saturated carbocycles. The molecule has 0 aromatic heterocycles. The van der Waals surface area contributed by atoms with E-state index in [2.05, 4.69) is 13.0 Å². The van der Waals surface area contributed by atoms with Crippen molar-refractivity contribution in [3.05, 3.63) is 24.3 Å². The normalized spacial score (nSPS) is 26.9. The van der Waals surface area contributed by atoms with Crippen LogP contribution >= 0.6 is 0 Å². The molecule has 1 fully saturated rings. The Hall–Kier alpha value is -1.17. The number of amides is 1. The average Bonchev–Trinajstić information content (AvgIpc) is 2.88. The van der Waals surface area contributed by atoms with E-state index < -0.39 is 18.3 Å². The standard InChI is InChI=1S/C22H39NO4/c1-4-5-8-11-17(24)14-15-19-18(20(25)16-21(19)26)12-9-6-7-10-13-22(27)23(2)3/h6,9,14-15,17-21,24-26H,4-5,7-8,10-13,16H2,1-3H3/b9-6-,15-14+/t17-,18+,19+,20-,21+/m0/s1. The highest BCUT2D eigenvalue weighted by molar-refractivity contribution is 5.75. The van der Waals surface area contributed by atoms with Crippen LogP contribution in [0.1, 0.15) is 64.7 Å². The summed E-state index contributed by atoms with van der Waals surface area (Å²) in [7, 11) is 3.53. The minimum atomic E-state index is -0.560. The highest BCUT2D eigenvalue weighted by atomic mass is 16.3. The van der Waals surface area contributed by atoms with Crippen molar-refractivity contribution >= 4 is 5.91 Å². The van der Waals surface area contributed by atoms with Gasteiger partial charge in [0.25, 0.3) is 0 Å². The first-order valence-electron chi connectivity index (χ1n) is 10.4. The van der Waals surface area contributed by atoms with Crippen LogP contribution in [0.15, 0.2) is 24.3 Å². The van der Waals surface area contributed by atoms with E-state index in [1.54, 1.807) is 25.1 Å². The van der Waals surface area contributed by atoms with Crippen molar-refractivity contribution in [3.8, 4) is 0 Å². The number of rotatable bonds is 12. The SMILES string of the molecule is CCCCC[C@H](O)/C=C/[C@@H]1[C@@H](C/C=C\CCCC(=O)N(C)C)[C@@H](O)C[C@H]1O. The van der Waals surface area contributed by atoms with Gasteiger partial charge < -0.3 is 20.2 Å². The average molecular weight is 382 g/mol. The lowest BCUT2D eigenvalue weighted by atomic mass is 9.89. The lowest BCUT2D eigenvalue weighted by Gasteiger charge is -2.19. The second kappa shape index (κ2) is 13.1. The maximum absolute atomic E-state index is 11.5. The monoisotopic (exact) mass is 381 g/mol. The molecule has 1 rings (SSSR count). The fourth-order valence-electron chi connectivity index (χ4n) is 3.63. The van der Waals surface area contributed by atoms with Crippen LogP contribution < -0.4 is 0 Å². The van der Waals surface area contributed by atoms with E-state index in [0.717, 1.165) is 38.5 Å². The summed E-state index contributed by atoms with van der Waals surface area (Å²) in [6.45, 7) is 2.14. The lowest BCUT2D eigenvalue weighted by Crippen LogP contribution is -2.21. The Morgan fingerprint density at radius 2 is 1.89 bits per heavy atom. The van der Waals surface area contributed by atoms with Crippen LogP contribution in [-0.2, 0) is 4.79 Å². The molecule has 1 amide bonds. The zero-order valence-electron chi connectivity index (χ0n) is 17.3. The van der Waals surface area contributed by atoms with Crippen LogP contribution in [0, 0.1) is 11.8 Å². The molecular weight excluding hydrogens is 342 g/mol. The number of unbranched alkanes of at least 4 members (excludes halogenated alkanes) is 3. The van der Waals surface area contributed by atoms with Crippen LogP contribution in [0.3, 0.4) is 0 Å². The minimum absolute atomic E-state index is 0.0289. The first-order chi connectivity index (χ1) is 12.9. The third kappa shape index (κ3) is 9.04. The van der Waals surface area contributed by atoms with Gasteiger partial charge in [0.15, 0.2) is 0 Å². The highest BCUT2D eigenvalue weighted by Gasteiger charge is 2.39. The topological polar surface area (TPSA) is 81.0 Å². The Balaban J connectivity index is 2.44. The van der Waals surface area contributed by atoms with Crippen molar-refractivity contribution < 1.29 is 20.1 Å². The largest absolute Gasteiger partial charge is 0.393 e. The number of aliphatic hydroxyl groups excluding tert-OH is 3. The molecule has 0 aliphatic heterocycles. The van der Waals surface area contributed by atoms with Gasteiger partial charge in [-0.3, -0.25) is 4.79 Å². The van der Waals surface area contributed by atoms with Crippen molar-refractivity contribution in [2.24, 2.45) is 11.8 Å². The van der Waals surface area contributed by atoms with E-state index >= 15 is 0 Å². The number of aliphatic hydroxyl groups is 3. The molecule has 0 aromatic rings. The van der Waals surface area contributed by atoms with Gasteiger partial charge in [-0.25, -0.2) is 0 Å². The molecule has 0 radical (unpaired) electrons. The zero-order chi connectivity index (χ0) is 20.2. The second-order valence-electron chi connectivity index (χ2n) is 7.95. The van der Waals surface area contributed by atoms with Gasteiger partial charge in [0.05, 0.1) is 18.3 Å². The fourth-order valence-corrected chi connectivity index (χ4v) is 3.63. The molecule has 0 bridgehead atoms. The molecule has 1 aliphatic carbocycles. The number of carbonyl (C=O) groups is 1. The van der Waals surface area contributed by atoms with Crippen molar-refractivity contribution in [3.63, 3.8) is 0 Å². The molecule has 5 nitrogen and oxygen atoms in total. The third-order valence-corrected chi connectivity index (χ3v) is 5.41. The summed E-state index contributed by atoms with van der Waals surface area (Å²) >= 11 is 0. The third-order valence-electron chi connectivity index (χ3n) is 5.41. The molecule has 27 heavy (non-hydrogen) atoms. The zero-order valence-corrected chi connectivity index (χ0v) is 17.3. The number of nitrogens with zero attached hydrogens (tertiary/aromatic N) is 1. The van der Waals surface area contributed by atoms with Crippen molar-refractivity contribution in [1.29, 1.82) is 0 Å². The summed E-state index contributed by atoms with van der Waals surface area (Å²) in [5, 5.41) is 30.6. The molecule has 0 spiro atoms. The summed E-state index contributed by atoms with van der Waals surface area (Å²) in [6, 6.07) is 0. The van der Waals surface area contributed by atoms with Crippen LogP contribution in [-0.4, -0.2) is 58.5 Å². The lowest BCUT2D eigenvalue weighted by molar-refractivity contribution is -0.128. The van der Waals surface area contributed by atoms with E-state index in [4.69, 9.17) is 0 Å². The van der Waals surface area contributed by atoms with Gasteiger partial charge in [0.1, 0.15) is 0 Å². The van der Waals surface area contributed by atoms with Gasteiger partial charge in [-0.05, 0) is 31.6 Å². The molecule has 0 unspecified atom stereocenters. The summed E-state index contributed by atoms with van der Waals surface area (Å²) in [4.78, 5) is 13.1. The Morgan fingerprint density at radius 3 is 2.56 bits per heavy atom. The van der Waals surface area contributed by atoms with Gasteiger partial charge in [0.2, 0.25) is 5.91 Å². The van der Waals surface area contributed by atoms with Gasteiger partial charge in [0, 0.05) is 32.9 Å². The summed E-state index contributed by atoms with van der Waals surface area (Å²) in [5.41, 5.74) is 0. The van der Waals surface area contributed by atoms with E-state index in [0.29, 0.717) is 19.3 Å². The summed E-state index contributed by atoms with van der Waals surface area (Å²) in [5.74, 6) is -0.0139. The van der Waals surface area contributed by atoms with Crippen LogP contribution in [0.25, 0.3) is 0 Å². The molecular formula is C22H39NO4. The quantitative estimate of drug-likeness (QED) is 0.358. The molecule has 156 valence electrons. The summed E-state index contributed by atoms with van der Waals surface area (Å²) < 4.78 is 0. The van der Waals surface area contributed by atoms with Crippen molar-refractivity contribution in [2.75, 3.05) is 14.1 Å². The first kappa shape index (κ1) is 23.9. The molecule has 0 heterocycles. The highest BCUT2D eigenvalue weighted by Crippen LogP contribution is 2.36. The Labute approximate surface area is 164 Å². The van der Waals surface area contributed by atoms with Crippen LogP contribution in [0.2, 0.25) is 0 Å². The maximum atomic E-state index is 11.5. The molecule has 0 aromatic carbocycles. The number of hydrogen-bond donors (Lipinski definition) is 3. The van der Waals surface area contributed by atoms with Crippen molar-refractivity contribution in [1.82, 2.24) is 4.90 Å². The van der Waals surface area contributed by atoms with Crippen LogP contribution in [0.4, 0.5) is 0 Å². The smallest absolute Gasteiger partial charge is 0.222 e. The molecule has 5 heteroatoms. The maximum Gasteiger partial charge on any atom is 0.222 e. The Morgan fingerprint density at radius 1 is 1.15 bits per heavy atom. The first-order valence-corrected chi connectivity index (χ1v) is 10.4. The fraction of sp³-hybridized carbons (Fsp3) is 0.773. The van der Waals surface area contributed by atoms with E-state index in [1.807, 2.05) is 12.2 Å². The molecule has 5 atom stereocenters. The van der Waals surface area contributed by atoms with E-state index in [1.165, 1.54) is 0 Å². The predicted molar refractivity (Wildman–Crippen MR) is 109 cm³/mol. The second-order valence-corrected chi connectivity index (χ2v) is 7.95. The van der Waals surface area contributed by atoms with Gasteiger partial charge in [-0.1, -0.05) is 50.5 Å². The Bertz CT molecular complexity index is 475. The van der Waals surface area contributed by atoms with Gasteiger partial charge in [-0.15, -0.1) is 0 Å². The minimum Gasteiger partial charge on any atom is -0.393 e. The molecule has 0 saturated heterocycles. The van der Waals surface area contributed by atoms with Crippen LogP contribution in [0.5, 0.6) is 0 Å². The number of hydrogen-bond acceptors (Lipinski definition) is 4. The number of allylic oxidation sites excluding steroid dienone is 2. The Kier molecular flexibility index (Phi) is 11.6. The molecule has 1 aliphatic rings. The predicted octanol–water partition coefficient (Wildman–Crippen LogP) is 3.05.